The maximum absolute atomic E-state index is 15.1. The summed E-state index contributed by atoms with van der Waals surface area (Å²) in [7, 11) is 1.64. The number of halogens is 1. The summed E-state index contributed by atoms with van der Waals surface area (Å²) in [4.78, 5) is 27.7. The minimum Gasteiger partial charge on any atom is -0.497 e. The predicted molar refractivity (Wildman–Crippen MR) is 146 cm³/mol. The van der Waals surface area contributed by atoms with Crippen LogP contribution < -0.4 is 9.64 Å². The SMILES string of the molecule is COc1ccc(CN(C(=O)c2cnc(N3CCC4CCCCC4C3)nc2-c2ccccc2F)C2CC2)cc1. The average Bonchev–Trinajstić information content (AvgIpc) is 3.81. The summed E-state index contributed by atoms with van der Waals surface area (Å²) in [5.74, 6) is 2.29. The Hall–Kier alpha value is -3.48. The first kappa shape index (κ1) is 24.8. The van der Waals surface area contributed by atoms with Gasteiger partial charge in [-0.1, -0.05) is 43.5 Å². The van der Waals surface area contributed by atoms with E-state index < -0.39 is 0 Å². The van der Waals surface area contributed by atoms with Crippen LogP contribution in [0.1, 0.15) is 60.9 Å². The van der Waals surface area contributed by atoms with Gasteiger partial charge in [0.2, 0.25) is 5.95 Å². The molecule has 0 radical (unpaired) electrons. The fourth-order valence-corrected chi connectivity index (χ4v) is 6.16. The molecule has 38 heavy (non-hydrogen) atoms. The number of carbonyl (C=O) groups is 1. The van der Waals surface area contributed by atoms with Crippen molar-refractivity contribution in [3.05, 3.63) is 71.7 Å². The highest BCUT2D eigenvalue weighted by Gasteiger charge is 2.36. The molecule has 3 aliphatic rings. The van der Waals surface area contributed by atoms with Crippen molar-refractivity contribution in [2.24, 2.45) is 11.8 Å². The molecule has 1 amide bonds. The molecule has 2 unspecified atom stereocenters. The fourth-order valence-electron chi connectivity index (χ4n) is 6.16. The lowest BCUT2D eigenvalue weighted by atomic mass is 9.75. The topological polar surface area (TPSA) is 58.6 Å². The van der Waals surface area contributed by atoms with Crippen molar-refractivity contribution in [2.75, 3.05) is 25.1 Å². The molecule has 2 aliphatic carbocycles. The largest absolute Gasteiger partial charge is 0.497 e. The van der Waals surface area contributed by atoms with Gasteiger partial charge < -0.3 is 14.5 Å². The molecule has 6 nitrogen and oxygen atoms in total. The van der Waals surface area contributed by atoms with Crippen LogP contribution in [-0.4, -0.2) is 47.0 Å². The lowest BCUT2D eigenvalue weighted by molar-refractivity contribution is 0.0730. The number of piperidine rings is 1. The van der Waals surface area contributed by atoms with Crippen LogP contribution in [-0.2, 0) is 6.54 Å². The molecule has 3 aromatic rings. The lowest BCUT2D eigenvalue weighted by Gasteiger charge is -2.41. The molecule has 6 rings (SSSR count). The van der Waals surface area contributed by atoms with Crippen molar-refractivity contribution in [1.82, 2.24) is 14.9 Å². The Bertz CT molecular complexity index is 1290. The maximum Gasteiger partial charge on any atom is 0.258 e. The predicted octanol–water partition coefficient (Wildman–Crippen LogP) is 6.11. The number of anilines is 1. The van der Waals surface area contributed by atoms with E-state index >= 15 is 4.39 Å². The number of hydrogen-bond donors (Lipinski definition) is 0. The molecule has 198 valence electrons. The van der Waals surface area contributed by atoms with Gasteiger partial charge in [0.1, 0.15) is 11.6 Å². The number of ether oxygens (including phenoxy) is 1. The number of rotatable bonds is 7. The standard InChI is InChI=1S/C31H35FN4O2/c1-38-25-14-10-21(11-15-25)19-36(24-12-13-24)30(37)27-18-33-31(34-29(27)26-8-4-5-9-28(26)32)35-17-16-22-6-2-3-7-23(22)20-35/h4-5,8-11,14-15,18,22-24H,2-3,6-7,12-13,16-17,19-20H2,1H3. The van der Waals surface area contributed by atoms with Crippen molar-refractivity contribution < 1.29 is 13.9 Å². The van der Waals surface area contributed by atoms with E-state index in [1.165, 1.54) is 31.7 Å². The quantitative estimate of drug-likeness (QED) is 0.381. The molecule has 3 fully saturated rings. The number of benzene rings is 2. The van der Waals surface area contributed by atoms with Crippen LogP contribution in [0.25, 0.3) is 11.3 Å². The van der Waals surface area contributed by atoms with Crippen molar-refractivity contribution in [3.8, 4) is 17.0 Å². The number of aromatic nitrogens is 2. The molecule has 2 atom stereocenters. The monoisotopic (exact) mass is 514 g/mol. The van der Waals surface area contributed by atoms with Gasteiger partial charge in [-0.25, -0.2) is 14.4 Å². The minimum absolute atomic E-state index is 0.154. The van der Waals surface area contributed by atoms with Crippen LogP contribution in [0, 0.1) is 17.7 Å². The van der Waals surface area contributed by atoms with Crippen molar-refractivity contribution in [1.29, 1.82) is 0 Å². The third-order valence-electron chi connectivity index (χ3n) is 8.47. The Balaban J connectivity index is 1.33. The first-order valence-electron chi connectivity index (χ1n) is 13.9. The Morgan fingerprint density at radius 2 is 1.79 bits per heavy atom. The highest BCUT2D eigenvalue weighted by atomic mass is 19.1. The Kier molecular flexibility index (Phi) is 7.00. The molecule has 1 aromatic heterocycles. The van der Waals surface area contributed by atoms with Gasteiger partial charge in [-0.05, 0) is 67.3 Å². The first-order chi connectivity index (χ1) is 18.6. The number of hydrogen-bond acceptors (Lipinski definition) is 5. The second-order valence-electron chi connectivity index (χ2n) is 11.0. The summed E-state index contributed by atoms with van der Waals surface area (Å²) in [5.41, 5.74) is 2.09. The van der Waals surface area contributed by atoms with E-state index in [1.807, 2.05) is 29.2 Å². The number of carbonyl (C=O) groups excluding carboxylic acids is 1. The van der Waals surface area contributed by atoms with Gasteiger partial charge in [0.05, 0.1) is 18.4 Å². The molecule has 2 heterocycles. The van der Waals surface area contributed by atoms with E-state index in [4.69, 9.17) is 14.7 Å². The third-order valence-corrected chi connectivity index (χ3v) is 8.47. The van der Waals surface area contributed by atoms with Crippen LogP contribution in [0.2, 0.25) is 0 Å². The van der Waals surface area contributed by atoms with E-state index in [9.17, 15) is 4.79 Å². The zero-order chi connectivity index (χ0) is 26.1. The number of amides is 1. The van der Waals surface area contributed by atoms with Gasteiger partial charge >= 0.3 is 0 Å². The zero-order valence-corrected chi connectivity index (χ0v) is 22.0. The highest BCUT2D eigenvalue weighted by Crippen LogP contribution is 2.38. The second kappa shape index (κ2) is 10.7. The molecular weight excluding hydrogens is 479 g/mol. The summed E-state index contributed by atoms with van der Waals surface area (Å²) >= 11 is 0. The van der Waals surface area contributed by atoms with E-state index in [-0.39, 0.29) is 17.8 Å². The molecule has 2 saturated carbocycles. The molecule has 0 N–H and O–H groups in total. The molecule has 0 spiro atoms. The number of methoxy groups -OCH3 is 1. The normalized spacial score (nSPS) is 21.1. The molecule has 0 bridgehead atoms. The Morgan fingerprint density at radius 3 is 2.53 bits per heavy atom. The number of fused-ring (bicyclic) bond motifs is 1. The first-order valence-corrected chi connectivity index (χ1v) is 13.9. The maximum atomic E-state index is 15.1. The summed E-state index contributed by atoms with van der Waals surface area (Å²) in [6, 6.07) is 14.5. The summed E-state index contributed by atoms with van der Waals surface area (Å²) in [6.07, 6.45) is 9.88. The minimum atomic E-state index is -0.384. The summed E-state index contributed by atoms with van der Waals surface area (Å²) in [5, 5.41) is 0. The van der Waals surface area contributed by atoms with E-state index in [0.29, 0.717) is 35.2 Å². The molecule has 1 saturated heterocycles. The Morgan fingerprint density at radius 1 is 1.03 bits per heavy atom. The van der Waals surface area contributed by atoms with Gasteiger partial charge in [0, 0.05) is 37.4 Å². The smallest absolute Gasteiger partial charge is 0.258 e. The van der Waals surface area contributed by atoms with E-state index in [1.54, 1.807) is 31.5 Å². The number of nitrogens with zero attached hydrogens (tertiary/aromatic N) is 4. The summed E-state index contributed by atoms with van der Waals surface area (Å²) < 4.78 is 20.4. The van der Waals surface area contributed by atoms with Crippen LogP contribution >= 0.6 is 0 Å². The molecular formula is C31H35FN4O2. The van der Waals surface area contributed by atoms with Gasteiger partial charge in [0.15, 0.2) is 0 Å². The van der Waals surface area contributed by atoms with Gasteiger partial charge in [-0.15, -0.1) is 0 Å². The lowest BCUT2D eigenvalue weighted by Crippen LogP contribution is -2.42. The van der Waals surface area contributed by atoms with Crippen molar-refractivity contribution >= 4 is 11.9 Å². The van der Waals surface area contributed by atoms with E-state index in [0.717, 1.165) is 49.6 Å². The van der Waals surface area contributed by atoms with Gasteiger partial charge in [-0.2, -0.15) is 0 Å². The second-order valence-corrected chi connectivity index (χ2v) is 11.0. The van der Waals surface area contributed by atoms with Crippen LogP contribution in [0.4, 0.5) is 10.3 Å². The fraction of sp³-hybridized carbons (Fsp3) is 0.452. The molecule has 2 aromatic carbocycles. The van der Waals surface area contributed by atoms with Crippen LogP contribution in [0.15, 0.2) is 54.7 Å². The van der Waals surface area contributed by atoms with Gasteiger partial charge in [0.25, 0.3) is 5.91 Å². The molecule has 7 heteroatoms. The Labute approximate surface area is 223 Å². The van der Waals surface area contributed by atoms with Gasteiger partial charge in [-0.3, -0.25) is 4.79 Å². The summed E-state index contributed by atoms with van der Waals surface area (Å²) in [6.45, 7) is 2.30. The van der Waals surface area contributed by atoms with Crippen molar-refractivity contribution in [2.45, 2.75) is 57.5 Å². The molecule has 1 aliphatic heterocycles. The van der Waals surface area contributed by atoms with Crippen LogP contribution in [0.3, 0.4) is 0 Å². The van der Waals surface area contributed by atoms with E-state index in [2.05, 4.69) is 4.90 Å². The average molecular weight is 515 g/mol. The van der Waals surface area contributed by atoms with Crippen molar-refractivity contribution in [3.63, 3.8) is 0 Å². The third kappa shape index (κ3) is 5.11. The van der Waals surface area contributed by atoms with Crippen LogP contribution in [0.5, 0.6) is 5.75 Å². The highest BCUT2D eigenvalue weighted by molar-refractivity contribution is 6.00. The zero-order valence-electron chi connectivity index (χ0n) is 22.0.